The van der Waals surface area contributed by atoms with Gasteiger partial charge in [-0.05, 0) is 38.4 Å². The Morgan fingerprint density at radius 1 is 1.20 bits per heavy atom. The number of carboxylic acids is 1. The van der Waals surface area contributed by atoms with E-state index in [1.54, 1.807) is 0 Å². The van der Waals surface area contributed by atoms with Crippen molar-refractivity contribution in [1.29, 1.82) is 0 Å². The van der Waals surface area contributed by atoms with E-state index in [2.05, 4.69) is 29.4 Å². The SMILES string of the molecule is CCN(CC)CCCNC(=O)N[C@@H](CC(C)C)C(=O)O. The number of nitrogens with one attached hydrogen (secondary N) is 2. The van der Waals surface area contributed by atoms with Crippen molar-refractivity contribution < 1.29 is 14.7 Å². The zero-order chi connectivity index (χ0) is 15.5. The van der Waals surface area contributed by atoms with Crippen LogP contribution in [0.25, 0.3) is 0 Å². The van der Waals surface area contributed by atoms with Crippen LogP contribution in [0.3, 0.4) is 0 Å². The summed E-state index contributed by atoms with van der Waals surface area (Å²) < 4.78 is 0. The molecule has 0 aromatic carbocycles. The Morgan fingerprint density at radius 2 is 1.80 bits per heavy atom. The predicted octanol–water partition coefficient (Wildman–Crippen LogP) is 1.52. The van der Waals surface area contributed by atoms with Gasteiger partial charge in [-0.3, -0.25) is 0 Å². The van der Waals surface area contributed by atoms with Crippen LogP contribution in [0, 0.1) is 5.92 Å². The lowest BCUT2D eigenvalue weighted by molar-refractivity contribution is -0.139. The summed E-state index contributed by atoms with van der Waals surface area (Å²) in [7, 11) is 0. The smallest absolute Gasteiger partial charge is 0.326 e. The minimum absolute atomic E-state index is 0.221. The summed E-state index contributed by atoms with van der Waals surface area (Å²) in [5.41, 5.74) is 0. The van der Waals surface area contributed by atoms with Crippen molar-refractivity contribution in [3.8, 4) is 0 Å². The summed E-state index contributed by atoms with van der Waals surface area (Å²) in [5, 5.41) is 14.2. The van der Waals surface area contributed by atoms with E-state index in [0.29, 0.717) is 13.0 Å². The standard InChI is InChI=1S/C14H29N3O3/c1-5-17(6-2)9-7-8-15-14(20)16-12(13(18)19)10-11(3)4/h11-12H,5-10H2,1-4H3,(H,18,19)(H2,15,16,20)/t12-/m0/s1. The average molecular weight is 287 g/mol. The maximum absolute atomic E-state index is 11.6. The predicted molar refractivity (Wildman–Crippen MR) is 79.8 cm³/mol. The first kappa shape index (κ1) is 18.7. The third-order valence-electron chi connectivity index (χ3n) is 3.14. The van der Waals surface area contributed by atoms with Crippen LogP contribution < -0.4 is 10.6 Å². The Bertz CT molecular complexity index is 291. The number of hydrogen-bond donors (Lipinski definition) is 3. The number of amides is 2. The molecule has 0 saturated carbocycles. The Labute approximate surface area is 121 Å². The van der Waals surface area contributed by atoms with Gasteiger partial charge < -0.3 is 20.6 Å². The zero-order valence-corrected chi connectivity index (χ0v) is 13.1. The molecule has 0 aromatic rings. The van der Waals surface area contributed by atoms with E-state index < -0.39 is 18.0 Å². The van der Waals surface area contributed by atoms with Gasteiger partial charge in [0.25, 0.3) is 0 Å². The Balaban J connectivity index is 3.93. The van der Waals surface area contributed by atoms with Crippen molar-refractivity contribution >= 4 is 12.0 Å². The number of aliphatic carboxylic acids is 1. The molecule has 0 aromatic heterocycles. The van der Waals surface area contributed by atoms with E-state index in [9.17, 15) is 9.59 Å². The molecule has 0 spiro atoms. The van der Waals surface area contributed by atoms with Gasteiger partial charge in [-0.2, -0.15) is 0 Å². The molecule has 2 amide bonds. The molecule has 0 saturated heterocycles. The summed E-state index contributed by atoms with van der Waals surface area (Å²) in [5.74, 6) is -0.768. The molecule has 118 valence electrons. The number of nitrogens with zero attached hydrogens (tertiary/aromatic N) is 1. The minimum atomic E-state index is -0.989. The summed E-state index contributed by atoms with van der Waals surface area (Å²) in [6.45, 7) is 11.5. The van der Waals surface area contributed by atoms with Gasteiger partial charge in [0.1, 0.15) is 6.04 Å². The fraction of sp³-hybridized carbons (Fsp3) is 0.857. The van der Waals surface area contributed by atoms with Gasteiger partial charge in [0.05, 0.1) is 0 Å². The van der Waals surface area contributed by atoms with Gasteiger partial charge in [-0.25, -0.2) is 9.59 Å². The number of rotatable bonds is 10. The van der Waals surface area contributed by atoms with E-state index >= 15 is 0 Å². The molecule has 6 heteroatoms. The van der Waals surface area contributed by atoms with Crippen LogP contribution in [-0.4, -0.2) is 54.2 Å². The van der Waals surface area contributed by atoms with Gasteiger partial charge in [0.2, 0.25) is 0 Å². The minimum Gasteiger partial charge on any atom is -0.480 e. The highest BCUT2D eigenvalue weighted by Gasteiger charge is 2.20. The summed E-state index contributed by atoms with van der Waals surface area (Å²) >= 11 is 0. The first-order chi connectivity index (χ1) is 9.40. The van der Waals surface area contributed by atoms with Gasteiger partial charge in [0, 0.05) is 6.54 Å². The van der Waals surface area contributed by atoms with Gasteiger partial charge in [-0.15, -0.1) is 0 Å². The largest absolute Gasteiger partial charge is 0.480 e. The second-order valence-electron chi connectivity index (χ2n) is 5.30. The molecule has 0 aliphatic heterocycles. The van der Waals surface area contributed by atoms with Crippen LogP contribution >= 0.6 is 0 Å². The second-order valence-corrected chi connectivity index (χ2v) is 5.30. The Hall–Kier alpha value is -1.30. The molecule has 3 N–H and O–H groups in total. The zero-order valence-electron chi connectivity index (χ0n) is 13.1. The number of carbonyl (C=O) groups is 2. The second kappa shape index (κ2) is 10.5. The highest BCUT2D eigenvalue weighted by Crippen LogP contribution is 2.04. The molecule has 6 nitrogen and oxygen atoms in total. The molecule has 0 aliphatic rings. The number of carboxylic acid groups (broad SMARTS) is 1. The number of hydrogen-bond acceptors (Lipinski definition) is 3. The van der Waals surface area contributed by atoms with Gasteiger partial charge in [0.15, 0.2) is 0 Å². The first-order valence-electron chi connectivity index (χ1n) is 7.40. The topological polar surface area (TPSA) is 81.7 Å². The monoisotopic (exact) mass is 287 g/mol. The van der Waals surface area contributed by atoms with E-state index in [4.69, 9.17) is 5.11 Å². The molecule has 0 aliphatic carbocycles. The lowest BCUT2D eigenvalue weighted by atomic mass is 10.0. The molecule has 0 bridgehead atoms. The van der Waals surface area contributed by atoms with Crippen LogP contribution in [0.5, 0.6) is 0 Å². The summed E-state index contributed by atoms with van der Waals surface area (Å²) in [4.78, 5) is 24.9. The van der Waals surface area contributed by atoms with Crippen LogP contribution in [0.2, 0.25) is 0 Å². The molecule has 20 heavy (non-hydrogen) atoms. The van der Waals surface area contributed by atoms with E-state index in [-0.39, 0.29) is 5.92 Å². The number of urea groups is 1. The maximum atomic E-state index is 11.6. The van der Waals surface area contributed by atoms with Crippen molar-refractivity contribution in [2.24, 2.45) is 5.92 Å². The fourth-order valence-corrected chi connectivity index (χ4v) is 1.95. The Morgan fingerprint density at radius 3 is 2.25 bits per heavy atom. The van der Waals surface area contributed by atoms with E-state index in [1.165, 1.54) is 0 Å². The normalized spacial score (nSPS) is 12.5. The van der Waals surface area contributed by atoms with E-state index in [0.717, 1.165) is 26.1 Å². The van der Waals surface area contributed by atoms with Crippen LogP contribution in [0.1, 0.15) is 40.5 Å². The first-order valence-corrected chi connectivity index (χ1v) is 7.40. The molecule has 0 fully saturated rings. The lowest BCUT2D eigenvalue weighted by Crippen LogP contribution is -2.47. The van der Waals surface area contributed by atoms with Gasteiger partial charge in [-0.1, -0.05) is 27.7 Å². The maximum Gasteiger partial charge on any atom is 0.326 e. The van der Waals surface area contributed by atoms with Crippen molar-refractivity contribution in [2.75, 3.05) is 26.2 Å². The third kappa shape index (κ3) is 8.74. The fourth-order valence-electron chi connectivity index (χ4n) is 1.95. The number of carbonyl (C=O) groups excluding carboxylic acids is 1. The third-order valence-corrected chi connectivity index (χ3v) is 3.14. The van der Waals surface area contributed by atoms with Crippen LogP contribution in [-0.2, 0) is 4.79 Å². The van der Waals surface area contributed by atoms with Crippen LogP contribution in [0.4, 0.5) is 4.79 Å². The van der Waals surface area contributed by atoms with Crippen molar-refractivity contribution in [3.05, 3.63) is 0 Å². The van der Waals surface area contributed by atoms with Crippen molar-refractivity contribution in [2.45, 2.75) is 46.6 Å². The van der Waals surface area contributed by atoms with E-state index in [1.807, 2.05) is 13.8 Å². The summed E-state index contributed by atoms with van der Waals surface area (Å²) in [6.07, 6.45) is 1.29. The molecule has 0 radical (unpaired) electrons. The summed E-state index contributed by atoms with van der Waals surface area (Å²) in [6, 6.07) is -1.23. The molecule has 0 unspecified atom stereocenters. The highest BCUT2D eigenvalue weighted by molar-refractivity contribution is 5.82. The molecule has 1 atom stereocenters. The molecular weight excluding hydrogens is 258 g/mol. The average Bonchev–Trinajstić information content (AvgIpc) is 2.37. The van der Waals surface area contributed by atoms with Crippen LogP contribution in [0.15, 0.2) is 0 Å². The van der Waals surface area contributed by atoms with Crippen molar-refractivity contribution in [3.63, 3.8) is 0 Å². The van der Waals surface area contributed by atoms with Gasteiger partial charge >= 0.3 is 12.0 Å². The molecule has 0 rings (SSSR count). The highest BCUT2D eigenvalue weighted by atomic mass is 16.4. The molecular formula is C14H29N3O3. The Kier molecular flexibility index (Phi) is 9.80. The lowest BCUT2D eigenvalue weighted by Gasteiger charge is -2.19. The molecule has 0 heterocycles. The quantitative estimate of drug-likeness (QED) is 0.532. The van der Waals surface area contributed by atoms with Crippen molar-refractivity contribution in [1.82, 2.24) is 15.5 Å².